The van der Waals surface area contributed by atoms with Crippen LogP contribution in [0.2, 0.25) is 0 Å². The predicted molar refractivity (Wildman–Crippen MR) is 63.5 cm³/mol. The van der Waals surface area contributed by atoms with Crippen molar-refractivity contribution in [2.24, 2.45) is 5.10 Å². The Hall–Kier alpha value is -2.56. The quantitative estimate of drug-likeness (QED) is 0.632. The SMILES string of the molecule is O=C(NN=Cc1cccnc1)c1ccccn1. The fourth-order valence-electron chi connectivity index (χ4n) is 1.17. The van der Waals surface area contributed by atoms with Crippen molar-refractivity contribution in [1.82, 2.24) is 15.4 Å². The molecule has 1 amide bonds. The molecule has 0 aliphatic carbocycles. The van der Waals surface area contributed by atoms with Gasteiger partial charge in [0.1, 0.15) is 5.69 Å². The zero-order chi connectivity index (χ0) is 11.9. The number of amides is 1. The number of carbonyl (C=O) groups excluding carboxylic acids is 1. The Morgan fingerprint density at radius 3 is 2.88 bits per heavy atom. The molecule has 0 spiro atoms. The van der Waals surface area contributed by atoms with E-state index in [0.717, 1.165) is 5.56 Å². The number of carbonyl (C=O) groups is 1. The molecule has 2 heterocycles. The molecule has 0 bridgehead atoms. The first-order valence-electron chi connectivity index (χ1n) is 5.01. The molecule has 2 aromatic heterocycles. The molecule has 17 heavy (non-hydrogen) atoms. The molecule has 0 saturated heterocycles. The second kappa shape index (κ2) is 5.50. The summed E-state index contributed by atoms with van der Waals surface area (Å²) < 4.78 is 0. The van der Waals surface area contributed by atoms with Gasteiger partial charge in [0.25, 0.3) is 5.91 Å². The molecule has 0 atom stereocenters. The molecule has 2 aromatic rings. The summed E-state index contributed by atoms with van der Waals surface area (Å²) in [6, 6.07) is 8.74. The van der Waals surface area contributed by atoms with Crippen LogP contribution in [-0.2, 0) is 0 Å². The van der Waals surface area contributed by atoms with Gasteiger partial charge in [-0.15, -0.1) is 0 Å². The lowest BCUT2D eigenvalue weighted by molar-refractivity contribution is 0.0950. The van der Waals surface area contributed by atoms with E-state index in [1.807, 2.05) is 6.07 Å². The van der Waals surface area contributed by atoms with E-state index in [4.69, 9.17) is 0 Å². The number of nitrogens with one attached hydrogen (secondary N) is 1. The third-order valence-corrected chi connectivity index (χ3v) is 1.96. The van der Waals surface area contributed by atoms with E-state index >= 15 is 0 Å². The summed E-state index contributed by atoms with van der Waals surface area (Å²) in [4.78, 5) is 19.4. The average molecular weight is 226 g/mol. The molecule has 1 N–H and O–H groups in total. The van der Waals surface area contributed by atoms with E-state index in [1.165, 1.54) is 6.21 Å². The molecule has 5 nitrogen and oxygen atoms in total. The van der Waals surface area contributed by atoms with Crippen molar-refractivity contribution in [3.8, 4) is 0 Å². The number of aromatic nitrogens is 2. The van der Waals surface area contributed by atoms with Crippen LogP contribution in [0, 0.1) is 0 Å². The highest BCUT2D eigenvalue weighted by atomic mass is 16.2. The van der Waals surface area contributed by atoms with E-state index in [-0.39, 0.29) is 5.91 Å². The molecule has 0 saturated carbocycles. The monoisotopic (exact) mass is 226 g/mol. The van der Waals surface area contributed by atoms with Crippen molar-refractivity contribution in [3.63, 3.8) is 0 Å². The van der Waals surface area contributed by atoms with Crippen LogP contribution in [0.25, 0.3) is 0 Å². The number of pyridine rings is 2. The minimum Gasteiger partial charge on any atom is -0.266 e. The molecule has 0 fully saturated rings. The second-order valence-electron chi connectivity index (χ2n) is 3.20. The van der Waals surface area contributed by atoms with Crippen molar-refractivity contribution >= 4 is 12.1 Å². The van der Waals surface area contributed by atoms with Crippen LogP contribution in [0.4, 0.5) is 0 Å². The Balaban J connectivity index is 1.95. The van der Waals surface area contributed by atoms with E-state index in [9.17, 15) is 4.79 Å². The van der Waals surface area contributed by atoms with Crippen LogP contribution >= 0.6 is 0 Å². The lowest BCUT2D eigenvalue weighted by atomic mass is 10.3. The van der Waals surface area contributed by atoms with Crippen molar-refractivity contribution in [3.05, 3.63) is 60.2 Å². The first-order valence-corrected chi connectivity index (χ1v) is 5.01. The largest absolute Gasteiger partial charge is 0.289 e. The third kappa shape index (κ3) is 3.20. The summed E-state index contributed by atoms with van der Waals surface area (Å²) in [6.07, 6.45) is 6.40. The molecule has 5 heteroatoms. The zero-order valence-electron chi connectivity index (χ0n) is 8.95. The van der Waals surface area contributed by atoms with Gasteiger partial charge in [-0.3, -0.25) is 14.8 Å². The number of hydrazone groups is 1. The molecule has 0 aliphatic heterocycles. The van der Waals surface area contributed by atoms with Gasteiger partial charge in [-0.2, -0.15) is 5.10 Å². The van der Waals surface area contributed by atoms with Gasteiger partial charge in [-0.05, 0) is 18.2 Å². The number of hydrogen-bond acceptors (Lipinski definition) is 4. The van der Waals surface area contributed by atoms with Crippen molar-refractivity contribution in [2.45, 2.75) is 0 Å². The Labute approximate surface area is 98.2 Å². The summed E-state index contributed by atoms with van der Waals surface area (Å²) in [5.41, 5.74) is 3.53. The van der Waals surface area contributed by atoms with Crippen molar-refractivity contribution < 1.29 is 4.79 Å². The maximum atomic E-state index is 11.5. The maximum Gasteiger partial charge on any atom is 0.289 e. The molecular formula is C12H10N4O. The number of rotatable bonds is 3. The average Bonchev–Trinajstić information content (AvgIpc) is 2.41. The first kappa shape index (κ1) is 10.9. The van der Waals surface area contributed by atoms with Gasteiger partial charge in [-0.25, -0.2) is 5.43 Å². The normalized spacial score (nSPS) is 10.4. The lowest BCUT2D eigenvalue weighted by Gasteiger charge is -1.97. The van der Waals surface area contributed by atoms with Gasteiger partial charge in [0.05, 0.1) is 6.21 Å². The molecule has 0 radical (unpaired) electrons. The van der Waals surface area contributed by atoms with E-state index in [0.29, 0.717) is 5.69 Å². The van der Waals surface area contributed by atoms with Gasteiger partial charge in [0, 0.05) is 24.2 Å². The van der Waals surface area contributed by atoms with Crippen molar-refractivity contribution in [1.29, 1.82) is 0 Å². The van der Waals surface area contributed by atoms with Gasteiger partial charge < -0.3 is 0 Å². The highest BCUT2D eigenvalue weighted by Crippen LogP contribution is 1.93. The van der Waals surface area contributed by atoms with Gasteiger partial charge in [0.2, 0.25) is 0 Å². The van der Waals surface area contributed by atoms with Crippen LogP contribution in [0.15, 0.2) is 54.0 Å². The molecule has 2 rings (SSSR count). The zero-order valence-corrected chi connectivity index (χ0v) is 8.95. The minimum atomic E-state index is -0.342. The summed E-state index contributed by atoms with van der Waals surface area (Å²) in [5.74, 6) is -0.342. The number of hydrogen-bond donors (Lipinski definition) is 1. The first-order chi connectivity index (χ1) is 8.36. The Kier molecular flexibility index (Phi) is 3.54. The van der Waals surface area contributed by atoms with Crippen LogP contribution in [0.3, 0.4) is 0 Å². The second-order valence-corrected chi connectivity index (χ2v) is 3.20. The predicted octanol–water partition coefficient (Wildman–Crippen LogP) is 1.24. The molecule has 0 aromatic carbocycles. The lowest BCUT2D eigenvalue weighted by Crippen LogP contribution is -2.18. The molecule has 0 aliphatic rings. The summed E-state index contributed by atoms with van der Waals surface area (Å²) >= 11 is 0. The van der Waals surface area contributed by atoms with Crippen LogP contribution < -0.4 is 5.43 Å². The summed E-state index contributed by atoms with van der Waals surface area (Å²) in [7, 11) is 0. The Morgan fingerprint density at radius 2 is 2.18 bits per heavy atom. The van der Waals surface area contributed by atoms with Crippen molar-refractivity contribution in [2.75, 3.05) is 0 Å². The smallest absolute Gasteiger partial charge is 0.266 e. The van der Waals surface area contributed by atoms with Gasteiger partial charge in [0.15, 0.2) is 0 Å². The Bertz CT molecular complexity index is 511. The highest BCUT2D eigenvalue weighted by molar-refractivity contribution is 5.92. The number of nitrogens with zero attached hydrogens (tertiary/aromatic N) is 3. The minimum absolute atomic E-state index is 0.329. The Morgan fingerprint density at radius 1 is 1.24 bits per heavy atom. The van der Waals surface area contributed by atoms with E-state index < -0.39 is 0 Å². The fourth-order valence-corrected chi connectivity index (χ4v) is 1.17. The summed E-state index contributed by atoms with van der Waals surface area (Å²) in [6.45, 7) is 0. The van der Waals surface area contributed by atoms with Gasteiger partial charge >= 0.3 is 0 Å². The molecular weight excluding hydrogens is 216 g/mol. The van der Waals surface area contributed by atoms with Gasteiger partial charge in [-0.1, -0.05) is 12.1 Å². The van der Waals surface area contributed by atoms with Crippen LogP contribution in [-0.4, -0.2) is 22.1 Å². The standard InChI is InChI=1S/C12H10N4O/c17-12(11-5-1-2-7-14-11)16-15-9-10-4-3-6-13-8-10/h1-9H,(H,16,17). The third-order valence-electron chi connectivity index (χ3n) is 1.96. The van der Waals surface area contributed by atoms with Crippen LogP contribution in [0.5, 0.6) is 0 Å². The topological polar surface area (TPSA) is 67.2 Å². The maximum absolute atomic E-state index is 11.5. The highest BCUT2D eigenvalue weighted by Gasteiger charge is 2.02. The van der Waals surface area contributed by atoms with Crippen LogP contribution in [0.1, 0.15) is 16.1 Å². The molecule has 0 unspecified atom stereocenters. The summed E-state index contributed by atoms with van der Waals surface area (Å²) in [5, 5.41) is 3.81. The fraction of sp³-hybridized carbons (Fsp3) is 0. The molecule has 84 valence electrons. The van der Waals surface area contributed by atoms with E-state index in [2.05, 4.69) is 20.5 Å². The van der Waals surface area contributed by atoms with E-state index in [1.54, 1.807) is 42.9 Å².